The number of carbonyl (C=O) groups excluding carboxylic acids is 1. The SMILES string of the molecule is COCc1cccc(C(=O)Nc2ccnn2Cc2ccc(Cl)cc2Cl)c1. The van der Waals surface area contributed by atoms with Gasteiger partial charge in [-0.3, -0.25) is 4.79 Å². The van der Waals surface area contributed by atoms with E-state index in [2.05, 4.69) is 10.4 Å². The van der Waals surface area contributed by atoms with Crippen molar-refractivity contribution in [2.24, 2.45) is 0 Å². The highest BCUT2D eigenvalue weighted by atomic mass is 35.5. The summed E-state index contributed by atoms with van der Waals surface area (Å²) in [6.45, 7) is 0.871. The second kappa shape index (κ2) is 8.36. The van der Waals surface area contributed by atoms with E-state index in [-0.39, 0.29) is 5.91 Å². The number of amides is 1. The fourth-order valence-corrected chi connectivity index (χ4v) is 3.00. The van der Waals surface area contributed by atoms with Crippen LogP contribution in [0.15, 0.2) is 54.7 Å². The molecule has 0 unspecified atom stereocenters. The van der Waals surface area contributed by atoms with Crippen molar-refractivity contribution >= 4 is 34.9 Å². The van der Waals surface area contributed by atoms with E-state index in [1.165, 1.54) is 0 Å². The Bertz CT molecular complexity index is 925. The Balaban J connectivity index is 1.76. The topological polar surface area (TPSA) is 56.1 Å². The number of methoxy groups -OCH3 is 1. The molecule has 0 saturated carbocycles. The zero-order valence-corrected chi connectivity index (χ0v) is 15.6. The lowest BCUT2D eigenvalue weighted by atomic mass is 10.1. The van der Waals surface area contributed by atoms with E-state index in [1.54, 1.807) is 48.3 Å². The summed E-state index contributed by atoms with van der Waals surface area (Å²) in [4.78, 5) is 12.5. The normalized spacial score (nSPS) is 10.7. The first-order valence-electron chi connectivity index (χ1n) is 7.92. The van der Waals surface area contributed by atoms with Crippen LogP contribution in [0, 0.1) is 0 Å². The zero-order valence-electron chi connectivity index (χ0n) is 14.1. The summed E-state index contributed by atoms with van der Waals surface area (Å²) in [7, 11) is 1.62. The highest BCUT2D eigenvalue weighted by Gasteiger charge is 2.12. The van der Waals surface area contributed by atoms with Gasteiger partial charge in [0.05, 0.1) is 19.3 Å². The van der Waals surface area contributed by atoms with Crippen LogP contribution in [0.5, 0.6) is 0 Å². The molecule has 134 valence electrons. The average molecular weight is 390 g/mol. The van der Waals surface area contributed by atoms with Crippen LogP contribution in [0.3, 0.4) is 0 Å². The smallest absolute Gasteiger partial charge is 0.256 e. The Morgan fingerprint density at radius 2 is 2.04 bits per heavy atom. The summed E-state index contributed by atoms with van der Waals surface area (Å²) in [5, 5.41) is 8.26. The number of rotatable bonds is 6. The van der Waals surface area contributed by atoms with Crippen LogP contribution in [0.1, 0.15) is 21.5 Å². The number of aromatic nitrogens is 2. The minimum absolute atomic E-state index is 0.216. The predicted octanol–water partition coefficient (Wildman–Crippen LogP) is 4.64. The minimum atomic E-state index is -0.216. The van der Waals surface area contributed by atoms with Gasteiger partial charge in [0.15, 0.2) is 0 Å². The monoisotopic (exact) mass is 389 g/mol. The summed E-state index contributed by atoms with van der Waals surface area (Å²) in [5.74, 6) is 0.366. The molecule has 0 aliphatic carbocycles. The van der Waals surface area contributed by atoms with Gasteiger partial charge in [-0.15, -0.1) is 0 Å². The van der Waals surface area contributed by atoms with Crippen molar-refractivity contribution < 1.29 is 9.53 Å². The lowest BCUT2D eigenvalue weighted by molar-refractivity contribution is 0.102. The lowest BCUT2D eigenvalue weighted by Crippen LogP contribution is -2.16. The van der Waals surface area contributed by atoms with Crippen LogP contribution in [0.4, 0.5) is 5.82 Å². The van der Waals surface area contributed by atoms with E-state index in [4.69, 9.17) is 27.9 Å². The van der Waals surface area contributed by atoms with Crippen molar-refractivity contribution in [1.29, 1.82) is 0 Å². The Kier molecular flexibility index (Phi) is 5.93. The molecule has 1 N–H and O–H groups in total. The summed E-state index contributed by atoms with van der Waals surface area (Å²) in [5.41, 5.74) is 2.34. The van der Waals surface area contributed by atoms with Crippen molar-refractivity contribution in [2.45, 2.75) is 13.2 Å². The van der Waals surface area contributed by atoms with Crippen molar-refractivity contribution in [2.75, 3.05) is 12.4 Å². The van der Waals surface area contributed by atoms with E-state index in [0.717, 1.165) is 11.1 Å². The molecule has 0 saturated heterocycles. The van der Waals surface area contributed by atoms with Gasteiger partial charge in [-0.1, -0.05) is 41.4 Å². The van der Waals surface area contributed by atoms with Gasteiger partial charge >= 0.3 is 0 Å². The van der Waals surface area contributed by atoms with Gasteiger partial charge in [0.2, 0.25) is 0 Å². The van der Waals surface area contributed by atoms with Gasteiger partial charge in [0.1, 0.15) is 5.82 Å². The van der Waals surface area contributed by atoms with Gasteiger partial charge in [0.25, 0.3) is 5.91 Å². The highest BCUT2D eigenvalue weighted by molar-refractivity contribution is 6.35. The molecular formula is C19H17Cl2N3O2. The number of ether oxygens (including phenoxy) is 1. The number of hydrogen-bond donors (Lipinski definition) is 1. The van der Waals surface area contributed by atoms with Crippen LogP contribution in [-0.4, -0.2) is 22.8 Å². The molecule has 0 spiro atoms. The van der Waals surface area contributed by atoms with Crippen molar-refractivity contribution in [3.63, 3.8) is 0 Å². The number of nitrogens with zero attached hydrogens (tertiary/aromatic N) is 2. The molecule has 1 amide bonds. The van der Waals surface area contributed by atoms with Crippen molar-refractivity contribution in [3.05, 3.63) is 81.5 Å². The molecule has 0 bridgehead atoms. The average Bonchev–Trinajstić information content (AvgIpc) is 3.05. The summed E-state index contributed by atoms with van der Waals surface area (Å²) >= 11 is 12.2. The molecule has 26 heavy (non-hydrogen) atoms. The second-order valence-corrected chi connectivity index (χ2v) is 6.54. The molecular weight excluding hydrogens is 373 g/mol. The minimum Gasteiger partial charge on any atom is -0.380 e. The number of hydrogen-bond acceptors (Lipinski definition) is 3. The van der Waals surface area contributed by atoms with Gasteiger partial charge in [-0.25, -0.2) is 4.68 Å². The molecule has 2 aromatic carbocycles. The quantitative estimate of drug-likeness (QED) is 0.667. The summed E-state index contributed by atoms with van der Waals surface area (Å²) < 4.78 is 6.78. The summed E-state index contributed by atoms with van der Waals surface area (Å²) in [6, 6.07) is 14.3. The Morgan fingerprint density at radius 1 is 1.19 bits per heavy atom. The van der Waals surface area contributed by atoms with Crippen LogP contribution >= 0.6 is 23.2 Å². The Labute approximate surface area is 161 Å². The zero-order chi connectivity index (χ0) is 18.5. The molecule has 0 aliphatic rings. The van der Waals surface area contributed by atoms with Crippen LogP contribution in [0.2, 0.25) is 10.0 Å². The molecule has 0 atom stereocenters. The van der Waals surface area contributed by atoms with Gasteiger partial charge in [-0.05, 0) is 35.4 Å². The highest BCUT2D eigenvalue weighted by Crippen LogP contribution is 2.23. The number of carbonyl (C=O) groups is 1. The van der Waals surface area contributed by atoms with E-state index in [0.29, 0.717) is 34.6 Å². The molecule has 0 aliphatic heterocycles. The molecule has 3 rings (SSSR count). The lowest BCUT2D eigenvalue weighted by Gasteiger charge is -2.11. The molecule has 3 aromatic rings. The van der Waals surface area contributed by atoms with Crippen molar-refractivity contribution in [1.82, 2.24) is 9.78 Å². The van der Waals surface area contributed by atoms with Gasteiger partial charge < -0.3 is 10.1 Å². The standard InChI is InChI=1S/C19H17Cl2N3O2/c1-26-12-13-3-2-4-14(9-13)19(25)23-18-7-8-22-24(18)11-15-5-6-16(20)10-17(15)21/h2-10H,11-12H2,1H3,(H,23,25). The van der Waals surface area contributed by atoms with Crippen molar-refractivity contribution in [3.8, 4) is 0 Å². The number of halogens is 2. The first kappa shape index (κ1) is 18.5. The molecule has 5 nitrogen and oxygen atoms in total. The Hall–Kier alpha value is -2.34. The number of anilines is 1. The van der Waals surface area contributed by atoms with Crippen LogP contribution in [-0.2, 0) is 17.9 Å². The number of benzene rings is 2. The third kappa shape index (κ3) is 4.43. The van der Waals surface area contributed by atoms with E-state index in [9.17, 15) is 4.79 Å². The van der Waals surface area contributed by atoms with E-state index in [1.807, 2.05) is 18.2 Å². The fourth-order valence-electron chi connectivity index (χ4n) is 2.53. The molecule has 0 fully saturated rings. The van der Waals surface area contributed by atoms with Gasteiger partial charge in [0, 0.05) is 28.8 Å². The molecule has 1 heterocycles. The molecule has 7 heteroatoms. The molecule has 0 radical (unpaired) electrons. The second-order valence-electron chi connectivity index (χ2n) is 5.70. The molecule has 1 aromatic heterocycles. The summed E-state index contributed by atoms with van der Waals surface area (Å²) in [6.07, 6.45) is 1.63. The van der Waals surface area contributed by atoms with Crippen LogP contribution < -0.4 is 5.32 Å². The van der Waals surface area contributed by atoms with Crippen LogP contribution in [0.25, 0.3) is 0 Å². The third-order valence-corrected chi connectivity index (χ3v) is 4.38. The largest absolute Gasteiger partial charge is 0.380 e. The fraction of sp³-hybridized carbons (Fsp3) is 0.158. The first-order chi connectivity index (χ1) is 12.6. The van der Waals surface area contributed by atoms with Gasteiger partial charge in [-0.2, -0.15) is 5.10 Å². The first-order valence-corrected chi connectivity index (χ1v) is 8.67. The third-order valence-electron chi connectivity index (χ3n) is 3.79. The maximum atomic E-state index is 12.5. The van der Waals surface area contributed by atoms with E-state index < -0.39 is 0 Å². The van der Waals surface area contributed by atoms with E-state index >= 15 is 0 Å². The Morgan fingerprint density at radius 3 is 2.81 bits per heavy atom. The maximum absolute atomic E-state index is 12.5. The predicted molar refractivity (Wildman–Crippen MR) is 103 cm³/mol. The maximum Gasteiger partial charge on any atom is 0.256 e. The number of nitrogens with one attached hydrogen (secondary N) is 1.